The molecule has 3 heterocycles. The Hall–Kier alpha value is -2.97. The molecule has 7 nitrogen and oxygen atoms in total. The lowest BCUT2D eigenvalue weighted by Crippen LogP contribution is -2.24. The first-order valence-electron chi connectivity index (χ1n) is 9.61. The molecule has 154 valence electrons. The van der Waals surface area contributed by atoms with Gasteiger partial charge in [0.15, 0.2) is 5.82 Å². The van der Waals surface area contributed by atoms with Crippen molar-refractivity contribution in [2.24, 2.45) is 0 Å². The highest BCUT2D eigenvalue weighted by Crippen LogP contribution is 2.32. The molecule has 0 radical (unpaired) electrons. The van der Waals surface area contributed by atoms with Gasteiger partial charge in [-0.15, -0.1) is 11.3 Å². The van der Waals surface area contributed by atoms with Gasteiger partial charge in [0.1, 0.15) is 5.82 Å². The number of rotatable bonds is 8. The normalized spacial score (nSPS) is 11.0. The van der Waals surface area contributed by atoms with Crippen molar-refractivity contribution in [3.8, 4) is 16.6 Å². The molecule has 9 heteroatoms. The molecule has 4 rings (SSSR count). The fourth-order valence-electron chi connectivity index (χ4n) is 3.03. The fraction of sp³-hybridized carbons (Fsp3) is 0.238. The number of carbonyl (C=O) groups excluding carboxylic acids is 1. The first-order chi connectivity index (χ1) is 14.6. The van der Waals surface area contributed by atoms with Gasteiger partial charge in [-0.2, -0.15) is 4.98 Å². The maximum Gasteiger partial charge on any atom is 0.251 e. The largest absolute Gasteiger partial charge is 0.477 e. The van der Waals surface area contributed by atoms with Crippen molar-refractivity contribution < 1.29 is 9.53 Å². The lowest BCUT2D eigenvalue weighted by molar-refractivity contribution is 0.0953. The van der Waals surface area contributed by atoms with Crippen molar-refractivity contribution in [2.45, 2.75) is 19.8 Å². The number of aromatic amines is 1. The highest BCUT2D eigenvalue weighted by Gasteiger charge is 2.14. The minimum atomic E-state index is -0.145. The van der Waals surface area contributed by atoms with E-state index in [0.717, 1.165) is 28.9 Å². The molecule has 0 unspecified atom stereocenters. The monoisotopic (exact) mass is 441 g/mol. The second-order valence-corrected chi connectivity index (χ2v) is 8.23. The van der Waals surface area contributed by atoms with E-state index in [2.05, 4.69) is 25.3 Å². The Kier molecular flexibility index (Phi) is 6.25. The van der Waals surface area contributed by atoms with Gasteiger partial charge >= 0.3 is 0 Å². The van der Waals surface area contributed by atoms with Crippen LogP contribution in [0.2, 0.25) is 4.34 Å². The molecule has 1 amide bonds. The van der Waals surface area contributed by atoms with Gasteiger partial charge in [-0.1, -0.05) is 11.6 Å². The van der Waals surface area contributed by atoms with Gasteiger partial charge in [0.2, 0.25) is 5.88 Å². The Morgan fingerprint density at radius 3 is 2.90 bits per heavy atom. The summed E-state index contributed by atoms with van der Waals surface area (Å²) < 4.78 is 6.38. The summed E-state index contributed by atoms with van der Waals surface area (Å²) >= 11 is 7.46. The molecule has 4 aromatic rings. The number of nitrogens with one attached hydrogen (secondary N) is 2. The molecule has 0 aliphatic carbocycles. The minimum Gasteiger partial charge on any atom is -0.477 e. The van der Waals surface area contributed by atoms with Gasteiger partial charge in [0.05, 0.1) is 26.7 Å². The van der Waals surface area contributed by atoms with Crippen LogP contribution in [0.3, 0.4) is 0 Å². The molecule has 0 saturated heterocycles. The zero-order valence-corrected chi connectivity index (χ0v) is 17.9. The van der Waals surface area contributed by atoms with Crippen molar-refractivity contribution in [3.63, 3.8) is 0 Å². The average Bonchev–Trinajstić information content (AvgIpc) is 3.42. The summed E-state index contributed by atoms with van der Waals surface area (Å²) in [6.45, 7) is 2.94. The lowest BCUT2D eigenvalue weighted by atomic mass is 10.1. The number of hydrogen-bond donors (Lipinski definition) is 2. The number of fused-ring (bicyclic) bond motifs is 1. The summed E-state index contributed by atoms with van der Waals surface area (Å²) in [5, 5.41) is 3.71. The molecule has 2 N–H and O–H groups in total. The Balaban J connectivity index is 1.54. The number of thiophene rings is 1. The summed E-state index contributed by atoms with van der Waals surface area (Å²) in [5.41, 5.74) is 1.19. The minimum absolute atomic E-state index is 0.145. The molecule has 0 aliphatic heterocycles. The van der Waals surface area contributed by atoms with E-state index in [0.29, 0.717) is 40.3 Å². The third-order valence-corrected chi connectivity index (χ3v) is 5.66. The second-order valence-electron chi connectivity index (χ2n) is 6.52. The average molecular weight is 442 g/mol. The number of nitrogens with zero attached hydrogens (tertiary/aromatic N) is 3. The lowest BCUT2D eigenvalue weighted by Gasteiger charge is -2.10. The van der Waals surface area contributed by atoms with E-state index in [1.54, 1.807) is 24.5 Å². The topological polar surface area (TPSA) is 92.8 Å². The van der Waals surface area contributed by atoms with Gasteiger partial charge in [-0.25, -0.2) is 9.97 Å². The van der Waals surface area contributed by atoms with Crippen LogP contribution in [-0.4, -0.2) is 39.0 Å². The van der Waals surface area contributed by atoms with E-state index in [9.17, 15) is 4.79 Å². The molecule has 30 heavy (non-hydrogen) atoms. The van der Waals surface area contributed by atoms with Crippen LogP contribution in [0.4, 0.5) is 0 Å². The van der Waals surface area contributed by atoms with Crippen LogP contribution in [-0.2, 0) is 6.42 Å². The molecule has 0 fully saturated rings. The third-order valence-electron chi connectivity index (χ3n) is 4.43. The van der Waals surface area contributed by atoms with Crippen molar-refractivity contribution in [3.05, 3.63) is 58.4 Å². The van der Waals surface area contributed by atoms with Crippen LogP contribution >= 0.6 is 22.9 Å². The smallest absolute Gasteiger partial charge is 0.251 e. The van der Waals surface area contributed by atoms with Crippen molar-refractivity contribution in [2.75, 3.05) is 13.2 Å². The van der Waals surface area contributed by atoms with Crippen molar-refractivity contribution in [1.29, 1.82) is 0 Å². The van der Waals surface area contributed by atoms with Crippen LogP contribution in [0.25, 0.3) is 21.6 Å². The molecule has 0 bridgehead atoms. The van der Waals surface area contributed by atoms with Crippen LogP contribution in [0.15, 0.2) is 42.7 Å². The fourth-order valence-corrected chi connectivity index (χ4v) is 4.00. The number of ether oxygens (including phenoxy) is 1. The van der Waals surface area contributed by atoms with Crippen molar-refractivity contribution >= 4 is 39.7 Å². The third kappa shape index (κ3) is 4.60. The van der Waals surface area contributed by atoms with Gasteiger partial charge in [0, 0.05) is 30.9 Å². The summed E-state index contributed by atoms with van der Waals surface area (Å²) in [5.74, 6) is 1.79. The Labute approximate surface area is 182 Å². The standard InChI is InChI=1S/C21H20ClN5O2S/c1-2-29-21-14-6-5-13(20(28)25-9-3-4-18-23-10-11-24-18)12-15(14)26-19(27-21)16-7-8-17(22)30-16/h5-8,10-12H,2-4,9H2,1H3,(H,23,24)(H,25,28). The SMILES string of the molecule is CCOc1nc(-c2ccc(Cl)s2)nc2cc(C(=O)NCCCc3ncc[nH]3)ccc12. The quantitative estimate of drug-likeness (QED) is 0.393. The van der Waals surface area contributed by atoms with Gasteiger partial charge in [0.25, 0.3) is 5.91 Å². The Morgan fingerprint density at radius 2 is 2.17 bits per heavy atom. The highest BCUT2D eigenvalue weighted by atomic mass is 35.5. The van der Waals surface area contributed by atoms with E-state index in [1.165, 1.54) is 11.3 Å². The molecule has 3 aromatic heterocycles. The maximum atomic E-state index is 12.6. The molecule has 1 aromatic carbocycles. The van der Waals surface area contributed by atoms with E-state index in [-0.39, 0.29) is 5.91 Å². The number of H-pyrrole nitrogens is 1. The van der Waals surface area contributed by atoms with Gasteiger partial charge in [-0.3, -0.25) is 4.79 Å². The van der Waals surface area contributed by atoms with E-state index in [4.69, 9.17) is 16.3 Å². The van der Waals surface area contributed by atoms with Gasteiger partial charge in [-0.05, 0) is 43.7 Å². The molecular formula is C21H20ClN5O2S. The maximum absolute atomic E-state index is 12.6. The molecule has 0 aliphatic rings. The van der Waals surface area contributed by atoms with E-state index in [1.807, 2.05) is 25.1 Å². The highest BCUT2D eigenvalue weighted by molar-refractivity contribution is 7.19. The van der Waals surface area contributed by atoms with Crippen LogP contribution < -0.4 is 10.1 Å². The Bertz CT molecular complexity index is 1160. The first-order valence-corrected chi connectivity index (χ1v) is 10.8. The predicted octanol–water partition coefficient (Wildman–Crippen LogP) is 4.50. The molecular weight excluding hydrogens is 422 g/mol. The van der Waals surface area contributed by atoms with Crippen LogP contribution in [0, 0.1) is 0 Å². The summed E-state index contributed by atoms with van der Waals surface area (Å²) in [6, 6.07) is 9.03. The van der Waals surface area contributed by atoms with Crippen LogP contribution in [0.5, 0.6) is 5.88 Å². The second kappa shape index (κ2) is 9.23. The first kappa shape index (κ1) is 20.3. The van der Waals surface area contributed by atoms with E-state index < -0.39 is 0 Å². The number of aromatic nitrogens is 4. The molecule has 0 atom stereocenters. The number of imidazole rings is 1. The Morgan fingerprint density at radius 1 is 1.27 bits per heavy atom. The zero-order valence-electron chi connectivity index (χ0n) is 16.3. The number of carbonyl (C=O) groups is 1. The number of halogens is 1. The number of benzene rings is 1. The predicted molar refractivity (Wildman–Crippen MR) is 118 cm³/mol. The zero-order chi connectivity index (χ0) is 20.9. The molecule has 0 spiro atoms. The number of amides is 1. The number of aryl methyl sites for hydroxylation is 1. The summed E-state index contributed by atoms with van der Waals surface area (Å²) in [4.78, 5) is 29.9. The van der Waals surface area contributed by atoms with Gasteiger partial charge < -0.3 is 15.0 Å². The summed E-state index contributed by atoms with van der Waals surface area (Å²) in [6.07, 6.45) is 5.09. The molecule has 0 saturated carbocycles. The van der Waals surface area contributed by atoms with Crippen LogP contribution in [0.1, 0.15) is 29.5 Å². The number of hydrogen-bond acceptors (Lipinski definition) is 6. The van der Waals surface area contributed by atoms with E-state index >= 15 is 0 Å². The van der Waals surface area contributed by atoms with Crippen molar-refractivity contribution in [1.82, 2.24) is 25.3 Å². The summed E-state index contributed by atoms with van der Waals surface area (Å²) in [7, 11) is 0.